The van der Waals surface area contributed by atoms with Crippen LogP contribution in [0.25, 0.3) is 0 Å². The summed E-state index contributed by atoms with van der Waals surface area (Å²) in [6.45, 7) is 0. The molecule has 0 atom stereocenters. The van der Waals surface area contributed by atoms with Crippen molar-refractivity contribution >= 4 is 11.7 Å². The molecule has 0 unspecified atom stereocenters. The van der Waals surface area contributed by atoms with Gasteiger partial charge < -0.3 is 9.72 Å². The Balaban J connectivity index is 3.07. The standard InChI is InChI=1S/C6H6N2O4/c1-12-6(9)4-2-7-3-5(4)8(10)11/h2-3,7H,1H3. The summed E-state index contributed by atoms with van der Waals surface area (Å²) in [4.78, 5) is 22.9. The van der Waals surface area contributed by atoms with Crippen LogP contribution in [0.2, 0.25) is 0 Å². The van der Waals surface area contributed by atoms with E-state index in [2.05, 4.69) is 9.72 Å². The van der Waals surface area contributed by atoms with Crippen molar-refractivity contribution in [3.63, 3.8) is 0 Å². The molecular formula is C6H6N2O4. The first kappa shape index (κ1) is 8.25. The lowest BCUT2D eigenvalue weighted by atomic mass is 10.3. The van der Waals surface area contributed by atoms with Crippen LogP contribution in [0.4, 0.5) is 5.69 Å². The van der Waals surface area contributed by atoms with Gasteiger partial charge in [0.05, 0.1) is 18.2 Å². The zero-order chi connectivity index (χ0) is 9.14. The van der Waals surface area contributed by atoms with Gasteiger partial charge >= 0.3 is 11.7 Å². The summed E-state index contributed by atoms with van der Waals surface area (Å²) in [6, 6.07) is 0. The highest BCUT2D eigenvalue weighted by molar-refractivity contribution is 5.93. The topological polar surface area (TPSA) is 85.2 Å². The second kappa shape index (κ2) is 3.04. The van der Waals surface area contributed by atoms with Gasteiger partial charge in [0.1, 0.15) is 0 Å². The van der Waals surface area contributed by atoms with Crippen LogP contribution in [-0.4, -0.2) is 23.0 Å². The van der Waals surface area contributed by atoms with Gasteiger partial charge in [0.25, 0.3) is 0 Å². The lowest BCUT2D eigenvalue weighted by Gasteiger charge is -1.93. The minimum atomic E-state index is -0.719. The summed E-state index contributed by atoms with van der Waals surface area (Å²) < 4.78 is 4.32. The van der Waals surface area contributed by atoms with Gasteiger partial charge in [0.2, 0.25) is 0 Å². The van der Waals surface area contributed by atoms with E-state index in [1.807, 2.05) is 0 Å². The first-order chi connectivity index (χ1) is 5.66. The average Bonchev–Trinajstić information content (AvgIpc) is 2.50. The molecule has 1 aromatic rings. The summed E-state index contributed by atoms with van der Waals surface area (Å²) in [7, 11) is 1.17. The summed E-state index contributed by atoms with van der Waals surface area (Å²) in [6.07, 6.45) is 2.36. The molecule has 0 spiro atoms. The van der Waals surface area contributed by atoms with E-state index < -0.39 is 10.9 Å². The molecule has 0 saturated carbocycles. The number of nitrogens with zero attached hydrogens (tertiary/aromatic N) is 1. The van der Waals surface area contributed by atoms with E-state index in [9.17, 15) is 14.9 Å². The fourth-order valence-corrected chi connectivity index (χ4v) is 0.780. The Morgan fingerprint density at radius 3 is 2.83 bits per heavy atom. The van der Waals surface area contributed by atoms with Crippen LogP contribution < -0.4 is 0 Å². The summed E-state index contributed by atoms with van der Waals surface area (Å²) in [5, 5.41) is 10.3. The van der Waals surface area contributed by atoms with Crippen molar-refractivity contribution in [3.8, 4) is 0 Å². The molecule has 0 aliphatic heterocycles. The van der Waals surface area contributed by atoms with E-state index in [1.54, 1.807) is 0 Å². The fourth-order valence-electron chi connectivity index (χ4n) is 0.780. The van der Waals surface area contributed by atoms with Crippen molar-refractivity contribution in [3.05, 3.63) is 28.1 Å². The van der Waals surface area contributed by atoms with Crippen LogP contribution in [-0.2, 0) is 4.74 Å². The predicted octanol–water partition coefficient (Wildman–Crippen LogP) is 0.709. The summed E-state index contributed by atoms with van der Waals surface area (Å²) in [5.41, 5.74) is -0.343. The zero-order valence-corrected chi connectivity index (χ0v) is 6.23. The summed E-state index contributed by atoms with van der Waals surface area (Å²) in [5.74, 6) is -0.719. The molecule has 0 bridgehead atoms. The molecule has 0 aromatic carbocycles. The van der Waals surface area contributed by atoms with Crippen LogP contribution in [0.1, 0.15) is 10.4 Å². The lowest BCUT2D eigenvalue weighted by molar-refractivity contribution is -0.385. The molecule has 0 saturated heterocycles. The van der Waals surface area contributed by atoms with Gasteiger partial charge in [-0.25, -0.2) is 4.79 Å². The van der Waals surface area contributed by atoms with E-state index in [0.29, 0.717) is 0 Å². The van der Waals surface area contributed by atoms with Crippen molar-refractivity contribution in [2.75, 3.05) is 7.11 Å². The third-order valence-corrected chi connectivity index (χ3v) is 1.33. The molecule has 0 amide bonds. The number of rotatable bonds is 2. The molecule has 0 aliphatic rings. The number of nitro groups is 1. The number of carbonyl (C=O) groups is 1. The van der Waals surface area contributed by atoms with Gasteiger partial charge in [-0.2, -0.15) is 0 Å². The molecule has 6 heteroatoms. The van der Waals surface area contributed by atoms with Gasteiger partial charge in [-0.05, 0) is 0 Å². The number of esters is 1. The van der Waals surface area contributed by atoms with Gasteiger partial charge in [0.15, 0.2) is 5.56 Å². The number of H-pyrrole nitrogens is 1. The Bertz CT molecular complexity index is 317. The Labute approximate surface area is 67.3 Å². The van der Waals surface area contributed by atoms with Crippen LogP contribution in [0.15, 0.2) is 12.4 Å². The molecule has 0 fully saturated rings. The van der Waals surface area contributed by atoms with Gasteiger partial charge in [-0.3, -0.25) is 10.1 Å². The van der Waals surface area contributed by atoms with Crippen LogP contribution in [0, 0.1) is 10.1 Å². The lowest BCUT2D eigenvalue weighted by Crippen LogP contribution is -2.02. The van der Waals surface area contributed by atoms with Crippen molar-refractivity contribution in [2.45, 2.75) is 0 Å². The monoisotopic (exact) mass is 170 g/mol. The Kier molecular flexibility index (Phi) is 2.09. The second-order valence-electron chi connectivity index (χ2n) is 2.00. The molecule has 1 N–H and O–H groups in total. The Morgan fingerprint density at radius 2 is 2.33 bits per heavy atom. The highest BCUT2D eigenvalue weighted by Crippen LogP contribution is 2.17. The third kappa shape index (κ3) is 1.26. The maximum atomic E-state index is 10.9. The minimum absolute atomic E-state index is 0.0671. The van der Waals surface area contributed by atoms with Gasteiger partial charge in [-0.15, -0.1) is 0 Å². The molecule has 64 valence electrons. The normalized spacial score (nSPS) is 9.42. The number of nitrogens with one attached hydrogen (secondary N) is 1. The van der Waals surface area contributed by atoms with Crippen LogP contribution in [0.3, 0.4) is 0 Å². The second-order valence-corrected chi connectivity index (χ2v) is 2.00. The smallest absolute Gasteiger partial charge is 0.346 e. The van der Waals surface area contributed by atoms with Gasteiger partial charge in [-0.1, -0.05) is 0 Å². The molecule has 1 aromatic heterocycles. The van der Waals surface area contributed by atoms with E-state index in [4.69, 9.17) is 0 Å². The molecule has 1 heterocycles. The maximum absolute atomic E-state index is 10.9. The molecule has 6 nitrogen and oxygen atoms in total. The fraction of sp³-hybridized carbons (Fsp3) is 0.167. The third-order valence-electron chi connectivity index (χ3n) is 1.33. The van der Waals surface area contributed by atoms with Crippen molar-refractivity contribution < 1.29 is 14.5 Å². The summed E-state index contributed by atoms with van der Waals surface area (Å²) >= 11 is 0. The Morgan fingerprint density at radius 1 is 1.67 bits per heavy atom. The Hall–Kier alpha value is -1.85. The average molecular weight is 170 g/mol. The SMILES string of the molecule is COC(=O)c1c[nH]cc1[N+](=O)[O-]. The molecule has 0 aliphatic carbocycles. The quantitative estimate of drug-likeness (QED) is 0.402. The molecule has 0 radical (unpaired) electrons. The largest absolute Gasteiger partial charge is 0.465 e. The van der Waals surface area contributed by atoms with E-state index in [1.165, 1.54) is 13.3 Å². The van der Waals surface area contributed by atoms with Crippen molar-refractivity contribution in [1.29, 1.82) is 0 Å². The first-order valence-electron chi connectivity index (χ1n) is 3.06. The highest BCUT2D eigenvalue weighted by Gasteiger charge is 2.21. The number of aromatic amines is 1. The zero-order valence-electron chi connectivity index (χ0n) is 6.23. The molecule has 1 rings (SSSR count). The number of methoxy groups -OCH3 is 1. The highest BCUT2D eigenvalue weighted by atomic mass is 16.6. The number of carbonyl (C=O) groups excluding carboxylic acids is 1. The van der Waals surface area contributed by atoms with Gasteiger partial charge in [0, 0.05) is 6.20 Å². The minimum Gasteiger partial charge on any atom is -0.465 e. The van der Waals surface area contributed by atoms with E-state index in [0.717, 1.165) is 6.20 Å². The number of ether oxygens (including phenoxy) is 1. The predicted molar refractivity (Wildman–Crippen MR) is 38.8 cm³/mol. The van der Waals surface area contributed by atoms with Crippen molar-refractivity contribution in [1.82, 2.24) is 4.98 Å². The number of hydrogen-bond acceptors (Lipinski definition) is 4. The maximum Gasteiger partial charge on any atom is 0.346 e. The number of aromatic nitrogens is 1. The van der Waals surface area contributed by atoms with E-state index in [-0.39, 0.29) is 11.3 Å². The van der Waals surface area contributed by atoms with E-state index >= 15 is 0 Å². The first-order valence-corrected chi connectivity index (χ1v) is 3.06. The molecular weight excluding hydrogens is 164 g/mol. The van der Waals surface area contributed by atoms with Crippen molar-refractivity contribution in [2.24, 2.45) is 0 Å². The molecule has 12 heavy (non-hydrogen) atoms. The van der Waals surface area contributed by atoms with Crippen LogP contribution >= 0.6 is 0 Å². The number of hydrogen-bond donors (Lipinski definition) is 1. The van der Waals surface area contributed by atoms with Crippen LogP contribution in [0.5, 0.6) is 0 Å².